The molecule has 2 aromatic heterocycles. The molecule has 1 aromatic carbocycles. The molecule has 182 valence electrons. The molecule has 1 atom stereocenters. The highest BCUT2D eigenvalue weighted by Gasteiger charge is 2.28. The summed E-state index contributed by atoms with van der Waals surface area (Å²) in [5, 5.41) is 0. The topological polar surface area (TPSA) is 100 Å². The Balaban J connectivity index is 2.10. The van der Waals surface area contributed by atoms with Crippen LogP contribution in [0.15, 0.2) is 33.4 Å². The number of hydrogen-bond acceptors (Lipinski definition) is 6. The number of benzene rings is 1. The molecule has 34 heavy (non-hydrogen) atoms. The Morgan fingerprint density at radius 2 is 2.03 bits per heavy atom. The predicted molar refractivity (Wildman–Crippen MR) is 126 cm³/mol. The number of piperidine rings is 1. The maximum Gasteiger partial charge on any atom is 0.337 e. The number of rotatable bonds is 5. The molecule has 1 fully saturated rings. The van der Waals surface area contributed by atoms with Crippen LogP contribution in [0, 0.1) is 11.6 Å². The van der Waals surface area contributed by atoms with Gasteiger partial charge in [0.05, 0.1) is 12.8 Å². The molecule has 0 spiro atoms. The van der Waals surface area contributed by atoms with E-state index in [1.807, 2.05) is 24.8 Å². The number of nitrogens with two attached hydrogens (primary N) is 1. The summed E-state index contributed by atoms with van der Waals surface area (Å²) in [5.74, 6) is -2.13. The van der Waals surface area contributed by atoms with E-state index in [0.717, 1.165) is 46.8 Å². The lowest BCUT2D eigenvalue weighted by molar-refractivity contribution is 0.359. The summed E-state index contributed by atoms with van der Waals surface area (Å²) < 4.78 is 37.8. The average Bonchev–Trinajstić information content (AvgIpc) is 3.17. The van der Waals surface area contributed by atoms with Gasteiger partial charge in [-0.15, -0.1) is 0 Å². The third-order valence-corrected chi connectivity index (χ3v) is 6.02. The second kappa shape index (κ2) is 9.05. The van der Waals surface area contributed by atoms with Crippen molar-refractivity contribution in [2.45, 2.75) is 39.3 Å². The lowest BCUT2D eigenvalue weighted by Gasteiger charge is -2.31. The van der Waals surface area contributed by atoms with Crippen molar-refractivity contribution in [2.24, 2.45) is 12.8 Å². The lowest BCUT2D eigenvalue weighted by atomic mass is 10.1. The molecule has 1 unspecified atom stereocenters. The first-order chi connectivity index (χ1) is 16.1. The van der Waals surface area contributed by atoms with E-state index in [1.54, 1.807) is 4.57 Å². The van der Waals surface area contributed by atoms with E-state index in [2.05, 4.69) is 4.98 Å². The molecule has 1 aliphatic rings. The number of allylic oxidation sites excluding steroid dienone is 2. The van der Waals surface area contributed by atoms with Crippen molar-refractivity contribution in [1.82, 2.24) is 18.7 Å². The minimum Gasteiger partial charge on any atom is -0.491 e. The number of fused-ring (bicyclic) bond motifs is 1. The smallest absolute Gasteiger partial charge is 0.337 e. The highest BCUT2D eigenvalue weighted by molar-refractivity contribution is 5.77. The number of anilines is 1. The number of halogens is 2. The molecule has 0 aliphatic carbocycles. The molecule has 3 aromatic rings. The Morgan fingerprint density at radius 3 is 2.68 bits per heavy atom. The van der Waals surface area contributed by atoms with Crippen molar-refractivity contribution >= 4 is 17.1 Å². The molecule has 0 amide bonds. The van der Waals surface area contributed by atoms with E-state index >= 15 is 4.39 Å². The lowest BCUT2D eigenvalue weighted by Crippen LogP contribution is -2.44. The van der Waals surface area contributed by atoms with Crippen LogP contribution >= 0.6 is 0 Å². The first kappa shape index (κ1) is 23.7. The van der Waals surface area contributed by atoms with Crippen molar-refractivity contribution in [1.29, 1.82) is 0 Å². The number of ether oxygens (including phenoxy) is 1. The van der Waals surface area contributed by atoms with Crippen LogP contribution in [-0.4, -0.2) is 44.9 Å². The van der Waals surface area contributed by atoms with Gasteiger partial charge in [-0.25, -0.2) is 18.1 Å². The monoisotopic (exact) mass is 474 g/mol. The van der Waals surface area contributed by atoms with Gasteiger partial charge in [0.1, 0.15) is 0 Å². The quantitative estimate of drug-likeness (QED) is 0.569. The molecule has 4 rings (SSSR count). The van der Waals surface area contributed by atoms with E-state index in [1.165, 1.54) is 7.05 Å². The van der Waals surface area contributed by atoms with Crippen LogP contribution < -0.4 is 26.6 Å². The Bertz CT molecular complexity index is 1400. The molecule has 2 N–H and O–H groups in total. The molecular weight excluding hydrogens is 446 g/mol. The van der Waals surface area contributed by atoms with Gasteiger partial charge in [-0.2, -0.15) is 4.98 Å². The summed E-state index contributed by atoms with van der Waals surface area (Å²) in [7, 11) is 2.45. The van der Waals surface area contributed by atoms with Crippen LogP contribution in [0.3, 0.4) is 0 Å². The number of nitrogens with zero attached hydrogens (tertiary/aromatic N) is 5. The third-order valence-electron chi connectivity index (χ3n) is 6.02. The minimum atomic E-state index is -1.06. The van der Waals surface area contributed by atoms with Crippen molar-refractivity contribution < 1.29 is 13.5 Å². The van der Waals surface area contributed by atoms with Gasteiger partial charge in [-0.05, 0) is 38.8 Å². The number of hydrogen-bond donors (Lipinski definition) is 1. The fourth-order valence-electron chi connectivity index (χ4n) is 4.26. The Labute approximate surface area is 194 Å². The Kier molecular flexibility index (Phi) is 6.30. The van der Waals surface area contributed by atoms with Crippen molar-refractivity contribution in [3.05, 3.63) is 56.3 Å². The summed E-state index contributed by atoms with van der Waals surface area (Å²) in [4.78, 5) is 33.1. The summed E-state index contributed by atoms with van der Waals surface area (Å²) in [5.41, 5.74) is 5.70. The standard InChI is InChI=1S/C23H28F2N6O3/c1-13(2)9-11-30-18-20(27-22(30)29-10-5-6-14(26)12-29)31(23(33)28(3)21(18)32)16-8-7-15(24)19(34-4)17(16)25/h7-9,14H,5-6,10-12,26H2,1-4H3. The first-order valence-electron chi connectivity index (χ1n) is 11.0. The second-order valence-corrected chi connectivity index (χ2v) is 8.72. The molecule has 1 aliphatic heterocycles. The van der Waals surface area contributed by atoms with E-state index in [9.17, 15) is 14.0 Å². The molecule has 1 saturated heterocycles. The molecule has 0 bridgehead atoms. The zero-order valence-electron chi connectivity index (χ0n) is 19.6. The normalized spacial score (nSPS) is 16.2. The number of imidazole rings is 1. The maximum atomic E-state index is 15.2. The van der Waals surface area contributed by atoms with Crippen LogP contribution in [0.25, 0.3) is 16.9 Å². The van der Waals surface area contributed by atoms with Gasteiger partial charge in [-0.3, -0.25) is 9.36 Å². The zero-order valence-corrected chi connectivity index (χ0v) is 19.6. The first-order valence-corrected chi connectivity index (χ1v) is 11.0. The van der Waals surface area contributed by atoms with E-state index in [4.69, 9.17) is 10.5 Å². The maximum absolute atomic E-state index is 15.2. The third kappa shape index (κ3) is 3.89. The van der Waals surface area contributed by atoms with Gasteiger partial charge < -0.3 is 19.9 Å². The summed E-state index contributed by atoms with van der Waals surface area (Å²) in [6.45, 7) is 5.40. The van der Waals surface area contributed by atoms with Gasteiger partial charge in [0.2, 0.25) is 5.95 Å². The molecule has 9 nitrogen and oxygen atoms in total. The zero-order chi connectivity index (χ0) is 24.7. The van der Waals surface area contributed by atoms with Crippen molar-refractivity contribution in [3.8, 4) is 11.4 Å². The van der Waals surface area contributed by atoms with Gasteiger partial charge >= 0.3 is 5.69 Å². The summed E-state index contributed by atoms with van der Waals surface area (Å²) >= 11 is 0. The number of aromatic nitrogens is 4. The van der Waals surface area contributed by atoms with Crippen LogP contribution in [0.1, 0.15) is 26.7 Å². The van der Waals surface area contributed by atoms with Gasteiger partial charge in [0.25, 0.3) is 5.56 Å². The van der Waals surface area contributed by atoms with Crippen molar-refractivity contribution in [2.75, 3.05) is 25.1 Å². The summed E-state index contributed by atoms with van der Waals surface area (Å²) in [6, 6.07) is 2.07. The molecule has 11 heteroatoms. The van der Waals surface area contributed by atoms with E-state index in [-0.39, 0.29) is 22.9 Å². The van der Waals surface area contributed by atoms with Gasteiger partial charge in [0.15, 0.2) is 28.5 Å². The fraction of sp³-hybridized carbons (Fsp3) is 0.435. The molecule has 3 heterocycles. The predicted octanol–water partition coefficient (Wildman–Crippen LogP) is 2.07. The molecular formula is C23H28F2N6O3. The van der Waals surface area contributed by atoms with Crippen LogP contribution in [0.5, 0.6) is 5.75 Å². The van der Waals surface area contributed by atoms with Crippen LogP contribution in [-0.2, 0) is 13.6 Å². The van der Waals surface area contributed by atoms with Crippen LogP contribution in [0.4, 0.5) is 14.7 Å². The highest BCUT2D eigenvalue weighted by Crippen LogP contribution is 2.29. The molecule has 0 saturated carbocycles. The molecule has 0 radical (unpaired) electrons. The van der Waals surface area contributed by atoms with E-state index in [0.29, 0.717) is 25.6 Å². The highest BCUT2D eigenvalue weighted by atomic mass is 19.1. The van der Waals surface area contributed by atoms with Crippen LogP contribution in [0.2, 0.25) is 0 Å². The Hall–Kier alpha value is -3.47. The Morgan fingerprint density at radius 1 is 1.29 bits per heavy atom. The number of methoxy groups -OCH3 is 1. The fourth-order valence-corrected chi connectivity index (χ4v) is 4.26. The van der Waals surface area contributed by atoms with Gasteiger partial charge in [0, 0.05) is 32.7 Å². The SMILES string of the molecule is COc1c(F)ccc(-n2c(=O)n(C)c(=O)c3c2nc(N2CCCC(N)C2)n3CC=C(C)C)c1F. The van der Waals surface area contributed by atoms with Crippen molar-refractivity contribution in [3.63, 3.8) is 0 Å². The summed E-state index contributed by atoms with van der Waals surface area (Å²) in [6.07, 6.45) is 3.66. The minimum absolute atomic E-state index is 0.0167. The largest absolute Gasteiger partial charge is 0.491 e. The van der Waals surface area contributed by atoms with Gasteiger partial charge in [-0.1, -0.05) is 11.6 Å². The second-order valence-electron chi connectivity index (χ2n) is 8.72. The average molecular weight is 475 g/mol. The van der Waals surface area contributed by atoms with E-state index < -0.39 is 28.6 Å².